The summed E-state index contributed by atoms with van der Waals surface area (Å²) in [5.41, 5.74) is 1.34. The number of benzene rings is 3. The molecule has 0 aromatic heterocycles. The molecule has 2 N–H and O–H groups in total. The van der Waals surface area contributed by atoms with E-state index in [2.05, 4.69) is 26.0 Å². The van der Waals surface area contributed by atoms with Gasteiger partial charge in [0.15, 0.2) is 11.5 Å². The van der Waals surface area contributed by atoms with Crippen molar-refractivity contribution in [3.05, 3.63) is 82.1 Å². The molecule has 3 aromatic rings. The molecule has 3 rings (SSSR count). The first-order chi connectivity index (χ1) is 15.7. The van der Waals surface area contributed by atoms with Crippen LogP contribution in [0.5, 0.6) is 11.5 Å². The van der Waals surface area contributed by atoms with Gasteiger partial charge in [0, 0.05) is 22.3 Å². The average molecular weight is 537 g/mol. The third-order valence-electron chi connectivity index (χ3n) is 4.74. The second-order valence-electron chi connectivity index (χ2n) is 6.94. The first-order valence-electron chi connectivity index (χ1n) is 9.80. The van der Waals surface area contributed by atoms with Gasteiger partial charge in [0.2, 0.25) is 10.0 Å². The van der Waals surface area contributed by atoms with Gasteiger partial charge < -0.3 is 14.8 Å². The van der Waals surface area contributed by atoms with Gasteiger partial charge in [-0.05, 0) is 66.6 Å². The summed E-state index contributed by atoms with van der Waals surface area (Å²) in [5.74, 6) is -0.427. The number of sulfonamides is 1. The Morgan fingerprint density at radius 1 is 0.970 bits per heavy atom. The number of hydrogen-bond acceptors (Lipinski definition) is 5. The maximum Gasteiger partial charge on any atom is 0.255 e. The van der Waals surface area contributed by atoms with Crippen LogP contribution in [0.4, 0.5) is 10.1 Å². The molecule has 10 heteroatoms. The number of amides is 1. The summed E-state index contributed by atoms with van der Waals surface area (Å²) >= 11 is 3.31. The molecule has 3 aromatic carbocycles. The van der Waals surface area contributed by atoms with E-state index in [0.29, 0.717) is 23.6 Å². The van der Waals surface area contributed by atoms with Crippen LogP contribution in [0.3, 0.4) is 0 Å². The van der Waals surface area contributed by atoms with Crippen LogP contribution in [0.2, 0.25) is 0 Å². The molecule has 0 saturated heterocycles. The van der Waals surface area contributed by atoms with E-state index in [4.69, 9.17) is 9.47 Å². The molecule has 174 valence electrons. The third kappa shape index (κ3) is 6.31. The molecule has 0 heterocycles. The number of hydrogen-bond donors (Lipinski definition) is 2. The highest BCUT2D eigenvalue weighted by molar-refractivity contribution is 9.10. The highest BCUT2D eigenvalue weighted by Crippen LogP contribution is 2.27. The number of anilines is 1. The van der Waals surface area contributed by atoms with Crippen LogP contribution >= 0.6 is 15.9 Å². The van der Waals surface area contributed by atoms with Crippen molar-refractivity contribution in [2.45, 2.75) is 11.3 Å². The summed E-state index contributed by atoms with van der Waals surface area (Å²) < 4.78 is 53.4. The number of halogens is 2. The summed E-state index contributed by atoms with van der Waals surface area (Å²) in [5, 5.41) is 2.65. The Labute approximate surface area is 200 Å². The van der Waals surface area contributed by atoms with Crippen molar-refractivity contribution in [2.24, 2.45) is 0 Å². The van der Waals surface area contributed by atoms with E-state index in [1.54, 1.807) is 42.5 Å². The summed E-state index contributed by atoms with van der Waals surface area (Å²) in [7, 11) is -1.16. The zero-order chi connectivity index (χ0) is 24.0. The number of ether oxygens (including phenoxy) is 2. The topological polar surface area (TPSA) is 93.7 Å². The fraction of sp³-hybridized carbons (Fsp3) is 0.174. The molecule has 0 fully saturated rings. The van der Waals surface area contributed by atoms with Gasteiger partial charge in [-0.15, -0.1) is 0 Å². The van der Waals surface area contributed by atoms with Crippen molar-refractivity contribution in [3.63, 3.8) is 0 Å². The van der Waals surface area contributed by atoms with E-state index >= 15 is 0 Å². The first kappa shape index (κ1) is 24.7. The van der Waals surface area contributed by atoms with Crippen LogP contribution in [-0.2, 0) is 16.4 Å². The number of nitrogens with one attached hydrogen (secondary N) is 2. The second kappa shape index (κ2) is 10.8. The minimum absolute atomic E-state index is 0.0135. The van der Waals surface area contributed by atoms with Crippen LogP contribution in [0.15, 0.2) is 70.0 Å². The van der Waals surface area contributed by atoms with Crippen LogP contribution in [0.25, 0.3) is 0 Å². The molecule has 0 aliphatic carbocycles. The van der Waals surface area contributed by atoms with E-state index in [1.807, 2.05) is 0 Å². The SMILES string of the molecule is COc1ccc(CCNS(=O)(=O)c2cc(C(=O)Nc3ccc(Br)cc3)ccc2F)cc1OC. The second-order valence-corrected chi connectivity index (χ2v) is 9.59. The summed E-state index contributed by atoms with van der Waals surface area (Å²) in [6, 6.07) is 15.3. The molecule has 0 aliphatic heterocycles. The molecule has 0 saturated carbocycles. The molecule has 0 atom stereocenters. The third-order valence-corrected chi connectivity index (χ3v) is 6.74. The number of carbonyl (C=O) groups is 1. The van der Waals surface area contributed by atoms with Crippen molar-refractivity contribution in [1.82, 2.24) is 4.72 Å². The number of rotatable bonds is 9. The molecular formula is C23H22BrFN2O5S. The van der Waals surface area contributed by atoms with Gasteiger partial charge in [-0.2, -0.15) is 0 Å². The monoisotopic (exact) mass is 536 g/mol. The van der Waals surface area contributed by atoms with Gasteiger partial charge in [-0.1, -0.05) is 22.0 Å². The van der Waals surface area contributed by atoms with Crippen LogP contribution < -0.4 is 19.5 Å². The van der Waals surface area contributed by atoms with Crippen molar-refractivity contribution in [3.8, 4) is 11.5 Å². The predicted octanol–water partition coefficient (Wildman–Crippen LogP) is 4.38. The lowest BCUT2D eigenvalue weighted by Crippen LogP contribution is -2.27. The zero-order valence-electron chi connectivity index (χ0n) is 17.9. The lowest BCUT2D eigenvalue weighted by molar-refractivity contribution is 0.102. The Balaban J connectivity index is 1.71. The zero-order valence-corrected chi connectivity index (χ0v) is 20.3. The van der Waals surface area contributed by atoms with Crippen molar-refractivity contribution >= 4 is 37.5 Å². The van der Waals surface area contributed by atoms with E-state index in [1.165, 1.54) is 20.3 Å². The summed E-state index contributed by atoms with van der Waals surface area (Å²) in [6.45, 7) is 0.0204. The normalized spacial score (nSPS) is 11.2. The minimum atomic E-state index is -4.19. The molecule has 0 unspecified atom stereocenters. The van der Waals surface area contributed by atoms with Gasteiger partial charge in [0.25, 0.3) is 5.91 Å². The van der Waals surface area contributed by atoms with Crippen LogP contribution in [-0.4, -0.2) is 35.1 Å². The van der Waals surface area contributed by atoms with Gasteiger partial charge in [0.1, 0.15) is 10.7 Å². The quantitative estimate of drug-likeness (QED) is 0.423. The molecule has 0 bridgehead atoms. The van der Waals surface area contributed by atoms with Gasteiger partial charge in [0.05, 0.1) is 14.2 Å². The Morgan fingerprint density at radius 3 is 2.33 bits per heavy atom. The smallest absolute Gasteiger partial charge is 0.255 e. The van der Waals surface area contributed by atoms with E-state index in [0.717, 1.165) is 22.2 Å². The van der Waals surface area contributed by atoms with Gasteiger partial charge in [-0.3, -0.25) is 4.79 Å². The molecule has 1 amide bonds. The Kier molecular flexibility index (Phi) is 8.06. The molecule has 0 spiro atoms. The van der Waals surface area contributed by atoms with Crippen molar-refractivity contribution < 1.29 is 27.1 Å². The standard InChI is InChI=1S/C23H22BrFN2O5S/c1-31-20-10-3-15(13-21(20)32-2)11-12-26-33(29,30)22-14-16(4-9-19(22)25)23(28)27-18-7-5-17(24)6-8-18/h3-10,13-14,26H,11-12H2,1-2H3,(H,27,28). The van der Waals surface area contributed by atoms with Crippen LogP contribution in [0.1, 0.15) is 15.9 Å². The first-order valence-corrected chi connectivity index (χ1v) is 12.1. The van der Waals surface area contributed by atoms with Crippen molar-refractivity contribution in [1.29, 1.82) is 0 Å². The lowest BCUT2D eigenvalue weighted by atomic mass is 10.1. The molecule has 33 heavy (non-hydrogen) atoms. The highest BCUT2D eigenvalue weighted by Gasteiger charge is 2.21. The minimum Gasteiger partial charge on any atom is -0.493 e. The van der Waals surface area contributed by atoms with Gasteiger partial charge >= 0.3 is 0 Å². The molecule has 0 aliphatic rings. The number of methoxy groups -OCH3 is 2. The largest absolute Gasteiger partial charge is 0.493 e. The van der Waals surface area contributed by atoms with Gasteiger partial charge in [-0.25, -0.2) is 17.5 Å². The van der Waals surface area contributed by atoms with E-state index in [9.17, 15) is 17.6 Å². The highest BCUT2D eigenvalue weighted by atomic mass is 79.9. The predicted molar refractivity (Wildman–Crippen MR) is 127 cm³/mol. The van der Waals surface area contributed by atoms with Crippen molar-refractivity contribution in [2.75, 3.05) is 26.1 Å². The van der Waals surface area contributed by atoms with E-state index < -0.39 is 26.6 Å². The van der Waals surface area contributed by atoms with E-state index in [-0.39, 0.29) is 12.1 Å². The average Bonchev–Trinajstić information content (AvgIpc) is 2.80. The Bertz CT molecular complexity index is 1250. The maximum absolute atomic E-state index is 14.3. The fourth-order valence-electron chi connectivity index (χ4n) is 3.03. The Hall–Kier alpha value is -2.95. The summed E-state index contributed by atoms with van der Waals surface area (Å²) in [6.07, 6.45) is 0.338. The Morgan fingerprint density at radius 2 is 1.67 bits per heavy atom. The van der Waals surface area contributed by atoms with Crippen LogP contribution in [0, 0.1) is 5.82 Å². The fourth-order valence-corrected chi connectivity index (χ4v) is 4.43. The lowest BCUT2D eigenvalue weighted by Gasteiger charge is -2.11. The molecule has 7 nitrogen and oxygen atoms in total. The summed E-state index contributed by atoms with van der Waals surface area (Å²) in [4.78, 5) is 11.9. The molecular weight excluding hydrogens is 515 g/mol. The maximum atomic E-state index is 14.3. The number of carbonyl (C=O) groups excluding carboxylic acids is 1. The molecule has 0 radical (unpaired) electrons.